The van der Waals surface area contributed by atoms with Gasteiger partial charge in [-0.2, -0.15) is 15.1 Å². The molecule has 2 atom stereocenters. The van der Waals surface area contributed by atoms with E-state index in [4.69, 9.17) is 9.72 Å². The minimum atomic E-state index is -2.54. The molecule has 2 aliphatic heterocycles. The predicted molar refractivity (Wildman–Crippen MR) is 100 cm³/mol. The average Bonchev–Trinajstić information content (AvgIpc) is 3.40. The summed E-state index contributed by atoms with van der Waals surface area (Å²) in [7, 11) is 0. The Hall–Kier alpha value is -2.29. The SMILES string of the molecule is Cc1ccn(-c2nc(NC3CCC(F)(F)CC3)cc(N3C[C@@H]4C[C@H]3CO4)n2)n1. The second-order valence-electron chi connectivity index (χ2n) is 8.08. The Morgan fingerprint density at radius 1 is 1.25 bits per heavy atom. The van der Waals surface area contributed by atoms with Crippen molar-refractivity contribution in [2.75, 3.05) is 23.4 Å². The van der Waals surface area contributed by atoms with Crippen LogP contribution in [0.1, 0.15) is 37.8 Å². The summed E-state index contributed by atoms with van der Waals surface area (Å²) in [6.45, 7) is 3.44. The van der Waals surface area contributed by atoms with E-state index in [2.05, 4.69) is 20.3 Å². The Labute approximate surface area is 162 Å². The van der Waals surface area contributed by atoms with Crippen molar-refractivity contribution >= 4 is 11.6 Å². The largest absolute Gasteiger partial charge is 0.374 e. The van der Waals surface area contributed by atoms with Crippen LogP contribution in [0.5, 0.6) is 0 Å². The molecule has 0 aromatic carbocycles. The van der Waals surface area contributed by atoms with Crippen LogP contribution in [-0.4, -0.2) is 57.0 Å². The van der Waals surface area contributed by atoms with Crippen molar-refractivity contribution in [1.82, 2.24) is 19.7 Å². The fraction of sp³-hybridized carbons (Fsp3) is 0.632. The van der Waals surface area contributed by atoms with E-state index in [1.54, 1.807) is 4.68 Å². The number of rotatable bonds is 4. The summed E-state index contributed by atoms with van der Waals surface area (Å²) in [6, 6.07) is 4.15. The van der Waals surface area contributed by atoms with Gasteiger partial charge in [-0.05, 0) is 32.3 Å². The molecule has 3 aliphatic rings. The number of alkyl halides is 2. The number of fused-ring (bicyclic) bond motifs is 2. The molecule has 1 N–H and O–H groups in total. The van der Waals surface area contributed by atoms with Gasteiger partial charge in [0.05, 0.1) is 24.4 Å². The summed E-state index contributed by atoms with van der Waals surface area (Å²) in [5.41, 5.74) is 0.881. The van der Waals surface area contributed by atoms with Crippen molar-refractivity contribution in [2.45, 2.75) is 63.1 Å². The summed E-state index contributed by atoms with van der Waals surface area (Å²) in [6.07, 6.45) is 3.81. The van der Waals surface area contributed by atoms with Gasteiger partial charge in [0.1, 0.15) is 11.6 Å². The molecule has 1 saturated carbocycles. The first-order valence-corrected chi connectivity index (χ1v) is 9.89. The topological polar surface area (TPSA) is 68.1 Å². The summed E-state index contributed by atoms with van der Waals surface area (Å²) < 4.78 is 34.3. The zero-order valence-corrected chi connectivity index (χ0v) is 15.8. The molecule has 4 heterocycles. The number of morpholine rings is 1. The highest BCUT2D eigenvalue weighted by molar-refractivity contribution is 5.53. The zero-order chi connectivity index (χ0) is 19.3. The van der Waals surface area contributed by atoms with Crippen LogP contribution >= 0.6 is 0 Å². The highest BCUT2D eigenvalue weighted by Crippen LogP contribution is 2.35. The molecule has 5 rings (SSSR count). The van der Waals surface area contributed by atoms with Crippen LogP contribution in [0.15, 0.2) is 18.3 Å². The molecule has 2 aromatic rings. The molecule has 9 heteroatoms. The van der Waals surface area contributed by atoms with E-state index in [0.29, 0.717) is 37.3 Å². The minimum absolute atomic E-state index is 0.00653. The normalized spacial score (nSPS) is 26.8. The average molecular weight is 390 g/mol. The van der Waals surface area contributed by atoms with E-state index in [1.165, 1.54) is 0 Å². The molecule has 28 heavy (non-hydrogen) atoms. The van der Waals surface area contributed by atoms with E-state index in [1.807, 2.05) is 25.3 Å². The summed E-state index contributed by atoms with van der Waals surface area (Å²) in [5.74, 6) is -0.566. The van der Waals surface area contributed by atoms with Crippen molar-refractivity contribution < 1.29 is 13.5 Å². The first kappa shape index (κ1) is 17.8. The van der Waals surface area contributed by atoms with Crippen molar-refractivity contribution in [3.63, 3.8) is 0 Å². The minimum Gasteiger partial charge on any atom is -0.374 e. The van der Waals surface area contributed by atoms with Gasteiger partial charge in [0.15, 0.2) is 0 Å². The van der Waals surface area contributed by atoms with Crippen molar-refractivity contribution in [3.8, 4) is 5.95 Å². The lowest BCUT2D eigenvalue weighted by molar-refractivity contribution is -0.0361. The van der Waals surface area contributed by atoms with E-state index < -0.39 is 5.92 Å². The molecule has 2 aromatic heterocycles. The highest BCUT2D eigenvalue weighted by Gasteiger charge is 2.40. The zero-order valence-electron chi connectivity index (χ0n) is 15.8. The molecule has 0 spiro atoms. The molecule has 2 saturated heterocycles. The van der Waals surface area contributed by atoms with Gasteiger partial charge in [0.2, 0.25) is 5.92 Å². The quantitative estimate of drug-likeness (QED) is 0.866. The fourth-order valence-corrected chi connectivity index (χ4v) is 4.35. The number of nitrogens with zero attached hydrogens (tertiary/aromatic N) is 5. The second-order valence-corrected chi connectivity index (χ2v) is 8.08. The van der Waals surface area contributed by atoms with Gasteiger partial charge < -0.3 is 15.0 Å². The van der Waals surface area contributed by atoms with E-state index in [0.717, 1.165) is 24.5 Å². The second kappa shape index (κ2) is 6.65. The van der Waals surface area contributed by atoms with Gasteiger partial charge in [-0.1, -0.05) is 0 Å². The van der Waals surface area contributed by atoms with Crippen LogP contribution in [0.2, 0.25) is 0 Å². The van der Waals surface area contributed by atoms with Crippen LogP contribution in [-0.2, 0) is 4.74 Å². The van der Waals surface area contributed by atoms with E-state index >= 15 is 0 Å². The lowest BCUT2D eigenvalue weighted by Gasteiger charge is -2.30. The van der Waals surface area contributed by atoms with Gasteiger partial charge in [-0.15, -0.1) is 0 Å². The first-order chi connectivity index (χ1) is 13.4. The molecule has 7 nitrogen and oxygen atoms in total. The standard InChI is InChI=1S/C19H24F2N6O/c1-12-4-7-27(25-12)18-23-16(22-13-2-5-19(20,21)6-3-13)9-17(24-18)26-10-15-8-14(26)11-28-15/h4,7,9,13-15H,2-3,5-6,8,10-11H2,1H3,(H,22,23,24)/t14-,15-/m0/s1. The van der Waals surface area contributed by atoms with E-state index in [-0.39, 0.29) is 25.0 Å². The van der Waals surface area contributed by atoms with Gasteiger partial charge in [0.25, 0.3) is 5.95 Å². The number of anilines is 2. The molecular weight excluding hydrogens is 366 g/mol. The number of halogens is 2. The lowest BCUT2D eigenvalue weighted by atomic mass is 9.92. The van der Waals surface area contributed by atoms with E-state index in [9.17, 15) is 8.78 Å². The van der Waals surface area contributed by atoms with Gasteiger partial charge in [0, 0.05) is 37.7 Å². The van der Waals surface area contributed by atoms with Crippen molar-refractivity contribution in [2.24, 2.45) is 0 Å². The third-order valence-electron chi connectivity index (χ3n) is 5.89. The predicted octanol–water partition coefficient (Wildman–Crippen LogP) is 2.94. The Morgan fingerprint density at radius 3 is 2.71 bits per heavy atom. The molecule has 150 valence electrons. The molecule has 0 unspecified atom stereocenters. The van der Waals surface area contributed by atoms with Gasteiger partial charge in [-0.25, -0.2) is 13.5 Å². The smallest absolute Gasteiger partial charge is 0.254 e. The van der Waals surface area contributed by atoms with Crippen LogP contribution < -0.4 is 10.2 Å². The molecule has 0 radical (unpaired) electrons. The van der Waals surface area contributed by atoms with Crippen LogP contribution in [0.3, 0.4) is 0 Å². The Balaban J connectivity index is 1.43. The third-order valence-corrected chi connectivity index (χ3v) is 5.89. The molecule has 3 fully saturated rings. The van der Waals surface area contributed by atoms with Crippen LogP contribution in [0.4, 0.5) is 20.4 Å². The highest BCUT2D eigenvalue weighted by atomic mass is 19.3. The molecule has 1 aliphatic carbocycles. The Morgan fingerprint density at radius 2 is 2.07 bits per heavy atom. The molecular formula is C19H24F2N6O. The van der Waals surface area contributed by atoms with Gasteiger partial charge in [-0.3, -0.25) is 0 Å². The maximum atomic E-state index is 13.5. The number of hydrogen-bond donors (Lipinski definition) is 1. The first-order valence-electron chi connectivity index (χ1n) is 9.89. The van der Waals surface area contributed by atoms with Crippen molar-refractivity contribution in [3.05, 3.63) is 24.0 Å². The third kappa shape index (κ3) is 3.43. The Kier molecular flexibility index (Phi) is 4.22. The number of aromatic nitrogens is 4. The number of aryl methyl sites for hydroxylation is 1. The lowest BCUT2D eigenvalue weighted by Crippen LogP contribution is -2.38. The van der Waals surface area contributed by atoms with Crippen LogP contribution in [0, 0.1) is 6.92 Å². The molecule has 0 amide bonds. The summed E-state index contributed by atoms with van der Waals surface area (Å²) >= 11 is 0. The van der Waals surface area contributed by atoms with Crippen LogP contribution in [0.25, 0.3) is 5.95 Å². The number of nitrogens with one attached hydrogen (secondary N) is 1. The number of ether oxygens (including phenoxy) is 1. The molecule has 2 bridgehead atoms. The summed E-state index contributed by atoms with van der Waals surface area (Å²) in [5, 5.41) is 7.79. The summed E-state index contributed by atoms with van der Waals surface area (Å²) in [4.78, 5) is 11.6. The maximum Gasteiger partial charge on any atom is 0.254 e. The number of hydrogen-bond acceptors (Lipinski definition) is 6. The van der Waals surface area contributed by atoms with Gasteiger partial charge >= 0.3 is 0 Å². The fourth-order valence-electron chi connectivity index (χ4n) is 4.35. The maximum absolute atomic E-state index is 13.5. The Bertz CT molecular complexity index is 862. The monoisotopic (exact) mass is 390 g/mol. The van der Waals surface area contributed by atoms with Crippen molar-refractivity contribution in [1.29, 1.82) is 0 Å².